The van der Waals surface area contributed by atoms with Gasteiger partial charge in [0, 0.05) is 23.8 Å². The van der Waals surface area contributed by atoms with Gasteiger partial charge in [0.1, 0.15) is 10.7 Å². The highest BCUT2D eigenvalue weighted by Crippen LogP contribution is 2.40. The van der Waals surface area contributed by atoms with E-state index < -0.39 is 0 Å². The minimum atomic E-state index is -0.263. The third-order valence-corrected chi connectivity index (χ3v) is 6.47. The number of nitrogens with one attached hydrogen (secondary N) is 2. The standard InChI is InChI=1S/C22H24N4O2S/c1-13-5-4-6-15(11-13)24-21(28)19-16-8-7-14(2)12-18(16)29-22(19)25-20(27)17-9-10-23-26(17)3/h4-6,9-11,14H,7-8,12H2,1-3H3,(H,24,28)(H,25,27)/t14-/m1/s1. The molecule has 7 heteroatoms. The fraction of sp³-hybridized carbons (Fsp3) is 0.318. The first-order chi connectivity index (χ1) is 13.9. The second-order valence-electron chi connectivity index (χ2n) is 7.67. The molecule has 6 nitrogen and oxygen atoms in total. The largest absolute Gasteiger partial charge is 0.322 e. The molecule has 0 fully saturated rings. The smallest absolute Gasteiger partial charge is 0.274 e. The van der Waals surface area contributed by atoms with Gasteiger partial charge in [-0.1, -0.05) is 19.1 Å². The summed E-state index contributed by atoms with van der Waals surface area (Å²) in [5, 5.41) is 10.6. The number of carbonyl (C=O) groups excluding carboxylic acids is 2. The Hall–Kier alpha value is -2.93. The van der Waals surface area contributed by atoms with Gasteiger partial charge in [0.15, 0.2) is 0 Å². The Balaban J connectivity index is 1.68. The van der Waals surface area contributed by atoms with Crippen LogP contribution in [0.1, 0.15) is 50.2 Å². The zero-order valence-electron chi connectivity index (χ0n) is 16.8. The molecule has 2 amide bonds. The first kappa shape index (κ1) is 19.4. The molecule has 150 valence electrons. The van der Waals surface area contributed by atoms with Crippen LogP contribution in [0.3, 0.4) is 0 Å². The monoisotopic (exact) mass is 408 g/mol. The van der Waals surface area contributed by atoms with Crippen LogP contribution in [0.5, 0.6) is 0 Å². The Morgan fingerprint density at radius 1 is 1.21 bits per heavy atom. The SMILES string of the molecule is Cc1cccc(NC(=O)c2c(NC(=O)c3ccnn3C)sc3c2CC[C@@H](C)C3)c1. The number of nitrogens with zero attached hydrogens (tertiary/aromatic N) is 2. The zero-order valence-corrected chi connectivity index (χ0v) is 17.6. The van der Waals surface area contributed by atoms with Crippen LogP contribution in [-0.4, -0.2) is 21.6 Å². The van der Waals surface area contributed by atoms with Gasteiger partial charge in [-0.05, 0) is 61.4 Å². The van der Waals surface area contributed by atoms with Gasteiger partial charge in [-0.2, -0.15) is 5.10 Å². The lowest BCUT2D eigenvalue weighted by Crippen LogP contribution is -2.20. The van der Waals surface area contributed by atoms with Crippen molar-refractivity contribution < 1.29 is 9.59 Å². The fourth-order valence-electron chi connectivity index (χ4n) is 3.76. The molecule has 4 rings (SSSR count). The predicted octanol–water partition coefficient (Wildman–Crippen LogP) is 4.42. The van der Waals surface area contributed by atoms with Crippen LogP contribution in [0.15, 0.2) is 36.5 Å². The molecule has 3 aromatic rings. The Kier molecular flexibility index (Phi) is 5.24. The molecule has 1 atom stereocenters. The molecule has 29 heavy (non-hydrogen) atoms. The minimum Gasteiger partial charge on any atom is -0.322 e. The Bertz CT molecular complexity index is 1080. The van der Waals surface area contributed by atoms with Crippen molar-refractivity contribution in [3.05, 3.63) is 63.8 Å². The molecule has 1 aliphatic carbocycles. The number of aromatic nitrogens is 2. The van der Waals surface area contributed by atoms with Crippen LogP contribution < -0.4 is 10.6 Å². The lowest BCUT2D eigenvalue weighted by atomic mass is 9.88. The summed E-state index contributed by atoms with van der Waals surface area (Å²) in [5.74, 6) is 0.138. The van der Waals surface area contributed by atoms with E-state index in [0.717, 1.165) is 36.1 Å². The topological polar surface area (TPSA) is 76.0 Å². The van der Waals surface area contributed by atoms with E-state index in [1.165, 1.54) is 20.9 Å². The van der Waals surface area contributed by atoms with E-state index >= 15 is 0 Å². The molecule has 0 saturated carbocycles. The number of carbonyl (C=O) groups is 2. The Labute approximate surface area is 173 Å². The average Bonchev–Trinajstić information content (AvgIpc) is 3.24. The normalized spacial score (nSPS) is 15.6. The number of hydrogen-bond donors (Lipinski definition) is 2. The van der Waals surface area contributed by atoms with E-state index in [-0.39, 0.29) is 11.8 Å². The maximum absolute atomic E-state index is 13.2. The quantitative estimate of drug-likeness (QED) is 0.671. The lowest BCUT2D eigenvalue weighted by Gasteiger charge is -2.18. The molecule has 2 aromatic heterocycles. The summed E-state index contributed by atoms with van der Waals surface area (Å²) < 4.78 is 1.53. The van der Waals surface area contributed by atoms with Gasteiger partial charge in [-0.15, -0.1) is 11.3 Å². The predicted molar refractivity (Wildman–Crippen MR) is 116 cm³/mol. The molecule has 1 aliphatic rings. The summed E-state index contributed by atoms with van der Waals surface area (Å²) in [4.78, 5) is 27.2. The highest BCUT2D eigenvalue weighted by Gasteiger charge is 2.29. The zero-order chi connectivity index (χ0) is 20.5. The van der Waals surface area contributed by atoms with E-state index in [1.54, 1.807) is 19.3 Å². The summed E-state index contributed by atoms with van der Waals surface area (Å²) >= 11 is 1.52. The highest BCUT2D eigenvalue weighted by atomic mass is 32.1. The summed E-state index contributed by atoms with van der Waals surface area (Å²) in [7, 11) is 1.72. The van der Waals surface area contributed by atoms with Crippen molar-refractivity contribution in [3.8, 4) is 0 Å². The second kappa shape index (κ2) is 7.83. The van der Waals surface area contributed by atoms with Gasteiger partial charge < -0.3 is 10.6 Å². The number of amides is 2. The number of hydrogen-bond acceptors (Lipinski definition) is 4. The van der Waals surface area contributed by atoms with Crippen molar-refractivity contribution in [2.24, 2.45) is 13.0 Å². The van der Waals surface area contributed by atoms with E-state index in [4.69, 9.17) is 0 Å². The summed E-state index contributed by atoms with van der Waals surface area (Å²) in [5.41, 5.74) is 3.94. The number of rotatable bonds is 4. The van der Waals surface area contributed by atoms with Crippen LogP contribution in [0.25, 0.3) is 0 Å². The number of aryl methyl sites for hydroxylation is 2. The van der Waals surface area contributed by atoms with Gasteiger partial charge in [-0.3, -0.25) is 14.3 Å². The van der Waals surface area contributed by atoms with Crippen molar-refractivity contribution >= 4 is 33.8 Å². The van der Waals surface area contributed by atoms with Crippen molar-refractivity contribution in [2.45, 2.75) is 33.1 Å². The van der Waals surface area contributed by atoms with Crippen molar-refractivity contribution in [2.75, 3.05) is 10.6 Å². The maximum Gasteiger partial charge on any atom is 0.274 e. The van der Waals surface area contributed by atoms with Gasteiger partial charge in [0.25, 0.3) is 11.8 Å². The molecule has 0 bridgehead atoms. The van der Waals surface area contributed by atoms with Crippen LogP contribution in [0.4, 0.5) is 10.7 Å². The van der Waals surface area contributed by atoms with E-state index in [1.807, 2.05) is 31.2 Å². The molecule has 0 aliphatic heterocycles. The van der Waals surface area contributed by atoms with Crippen molar-refractivity contribution in [1.82, 2.24) is 9.78 Å². The number of thiophene rings is 1. The first-order valence-corrected chi connectivity index (χ1v) is 10.6. The van der Waals surface area contributed by atoms with Crippen LogP contribution in [0, 0.1) is 12.8 Å². The summed E-state index contributed by atoms with van der Waals surface area (Å²) in [6, 6.07) is 9.38. The molecule has 0 radical (unpaired) electrons. The molecular formula is C22H24N4O2S. The number of fused-ring (bicyclic) bond motifs is 1. The first-order valence-electron chi connectivity index (χ1n) is 9.74. The third-order valence-electron chi connectivity index (χ3n) is 5.30. The van der Waals surface area contributed by atoms with E-state index in [9.17, 15) is 9.59 Å². The average molecular weight is 409 g/mol. The number of benzene rings is 1. The molecule has 2 heterocycles. The van der Waals surface area contributed by atoms with E-state index in [0.29, 0.717) is 22.2 Å². The van der Waals surface area contributed by atoms with Gasteiger partial charge in [0.2, 0.25) is 0 Å². The number of anilines is 2. The van der Waals surface area contributed by atoms with Crippen LogP contribution in [0.2, 0.25) is 0 Å². The molecule has 2 N–H and O–H groups in total. The molecule has 0 saturated heterocycles. The van der Waals surface area contributed by atoms with Crippen molar-refractivity contribution in [3.63, 3.8) is 0 Å². The van der Waals surface area contributed by atoms with Gasteiger partial charge >= 0.3 is 0 Å². The highest BCUT2D eigenvalue weighted by molar-refractivity contribution is 7.17. The molecule has 0 spiro atoms. The van der Waals surface area contributed by atoms with E-state index in [2.05, 4.69) is 22.7 Å². The van der Waals surface area contributed by atoms with Gasteiger partial charge in [-0.25, -0.2) is 0 Å². The maximum atomic E-state index is 13.2. The van der Waals surface area contributed by atoms with Crippen LogP contribution >= 0.6 is 11.3 Å². The van der Waals surface area contributed by atoms with Gasteiger partial charge in [0.05, 0.1) is 5.56 Å². The minimum absolute atomic E-state index is 0.178. The lowest BCUT2D eigenvalue weighted by molar-refractivity contribution is 0.101. The van der Waals surface area contributed by atoms with Crippen molar-refractivity contribution in [1.29, 1.82) is 0 Å². The fourth-order valence-corrected chi connectivity index (χ4v) is 5.16. The Morgan fingerprint density at radius 2 is 2.03 bits per heavy atom. The Morgan fingerprint density at radius 3 is 2.76 bits per heavy atom. The molecule has 1 aromatic carbocycles. The third kappa shape index (κ3) is 3.96. The molecular weight excluding hydrogens is 384 g/mol. The second-order valence-corrected chi connectivity index (χ2v) is 8.78. The van der Waals surface area contributed by atoms with Crippen LogP contribution in [-0.2, 0) is 19.9 Å². The summed E-state index contributed by atoms with van der Waals surface area (Å²) in [6.07, 6.45) is 4.42. The summed E-state index contributed by atoms with van der Waals surface area (Å²) in [6.45, 7) is 4.21. The molecule has 0 unspecified atom stereocenters.